The summed E-state index contributed by atoms with van der Waals surface area (Å²) in [5.74, 6) is 0.745. The minimum atomic E-state index is -0.611. The van der Waals surface area contributed by atoms with E-state index in [1.54, 1.807) is 30.2 Å². The molecule has 0 bridgehead atoms. The quantitative estimate of drug-likeness (QED) is 0.469. The molecule has 188 valence electrons. The maximum absolute atomic E-state index is 14.9. The lowest BCUT2D eigenvalue weighted by atomic mass is 10.1. The molecule has 8 nitrogen and oxygen atoms in total. The van der Waals surface area contributed by atoms with Gasteiger partial charge in [0.25, 0.3) is 5.91 Å². The molecular formula is C27H28FN3O5. The van der Waals surface area contributed by atoms with Crippen molar-refractivity contribution in [1.82, 2.24) is 9.88 Å². The normalized spacial score (nSPS) is 15.6. The van der Waals surface area contributed by atoms with Gasteiger partial charge >= 0.3 is 0 Å². The summed E-state index contributed by atoms with van der Waals surface area (Å²) in [4.78, 5) is 21.8. The van der Waals surface area contributed by atoms with Crippen molar-refractivity contribution in [2.45, 2.75) is 19.4 Å². The van der Waals surface area contributed by atoms with Crippen molar-refractivity contribution >= 4 is 11.8 Å². The molecule has 1 fully saturated rings. The van der Waals surface area contributed by atoms with Gasteiger partial charge in [0, 0.05) is 43.1 Å². The highest BCUT2D eigenvalue weighted by molar-refractivity contribution is 5.95. The molecule has 0 aliphatic carbocycles. The van der Waals surface area contributed by atoms with Crippen molar-refractivity contribution in [1.29, 1.82) is 0 Å². The topological polar surface area (TPSA) is 85.4 Å². The van der Waals surface area contributed by atoms with Crippen LogP contribution in [0.15, 0.2) is 53.5 Å². The van der Waals surface area contributed by atoms with Crippen LogP contribution in [0.25, 0.3) is 11.3 Å². The lowest BCUT2D eigenvalue weighted by Crippen LogP contribution is -2.42. The van der Waals surface area contributed by atoms with Crippen LogP contribution in [0.5, 0.6) is 17.2 Å². The Morgan fingerprint density at radius 2 is 1.94 bits per heavy atom. The molecule has 1 atom stereocenters. The second-order valence-electron chi connectivity index (χ2n) is 8.79. The molecule has 0 radical (unpaired) electrons. The number of hydrogen-bond donors (Lipinski definition) is 1. The first-order valence-electron chi connectivity index (χ1n) is 11.9. The number of aromatic amines is 1. The zero-order valence-electron chi connectivity index (χ0n) is 20.3. The average molecular weight is 494 g/mol. The van der Waals surface area contributed by atoms with E-state index in [2.05, 4.69) is 9.98 Å². The van der Waals surface area contributed by atoms with Gasteiger partial charge in [-0.2, -0.15) is 0 Å². The van der Waals surface area contributed by atoms with E-state index >= 15 is 0 Å². The van der Waals surface area contributed by atoms with Crippen LogP contribution in [-0.2, 0) is 9.47 Å². The van der Waals surface area contributed by atoms with E-state index in [4.69, 9.17) is 18.9 Å². The number of aliphatic imine (C=N–C) groups is 1. The first-order valence-corrected chi connectivity index (χ1v) is 11.9. The van der Waals surface area contributed by atoms with Crippen LogP contribution < -0.4 is 9.47 Å². The lowest BCUT2D eigenvalue weighted by Gasteiger charge is -2.30. The second-order valence-corrected chi connectivity index (χ2v) is 8.79. The molecular weight excluding hydrogens is 465 g/mol. The number of carbonyl (C=O) groups excluding carboxylic acids is 1. The lowest BCUT2D eigenvalue weighted by molar-refractivity contribution is 0.0651. The zero-order chi connectivity index (χ0) is 25.1. The standard InChI is InChI=1S/C27H28FN3O5/c1-17(16-33-2)35-20-12-19(23-5-6-24(30-23)26-29-8-11-34-26)13-21(15-20)36-25-7-4-18(14-22(25)28)27(32)31-9-3-10-31/h4-7,12-15,17,30H,3,8-11,16H2,1-2H3/t17-/m0/s1. The van der Waals surface area contributed by atoms with E-state index in [1.807, 2.05) is 25.1 Å². The van der Waals surface area contributed by atoms with Crippen molar-refractivity contribution in [2.24, 2.45) is 4.99 Å². The van der Waals surface area contributed by atoms with E-state index in [1.165, 1.54) is 12.1 Å². The molecule has 1 amide bonds. The second kappa shape index (κ2) is 10.4. The zero-order valence-corrected chi connectivity index (χ0v) is 20.3. The highest BCUT2D eigenvalue weighted by Gasteiger charge is 2.23. The van der Waals surface area contributed by atoms with E-state index in [0.29, 0.717) is 55.8 Å². The molecule has 2 aliphatic rings. The summed E-state index contributed by atoms with van der Waals surface area (Å²) in [7, 11) is 1.61. The predicted molar refractivity (Wildman–Crippen MR) is 133 cm³/mol. The van der Waals surface area contributed by atoms with Gasteiger partial charge in [0.1, 0.15) is 29.9 Å². The average Bonchev–Trinajstić information content (AvgIpc) is 3.51. The van der Waals surface area contributed by atoms with Gasteiger partial charge in [0.2, 0.25) is 5.90 Å². The van der Waals surface area contributed by atoms with Crippen LogP contribution in [0.4, 0.5) is 4.39 Å². The summed E-state index contributed by atoms with van der Waals surface area (Å²) in [5, 5.41) is 0. The highest BCUT2D eigenvalue weighted by Crippen LogP contribution is 2.34. The van der Waals surface area contributed by atoms with Crippen LogP contribution >= 0.6 is 0 Å². The van der Waals surface area contributed by atoms with Gasteiger partial charge in [-0.15, -0.1) is 0 Å². The monoisotopic (exact) mass is 493 g/mol. The summed E-state index contributed by atoms with van der Waals surface area (Å²) in [6.07, 6.45) is 0.768. The number of nitrogens with zero attached hydrogens (tertiary/aromatic N) is 2. The van der Waals surface area contributed by atoms with Crippen molar-refractivity contribution in [3.63, 3.8) is 0 Å². The number of ether oxygens (including phenoxy) is 4. The number of methoxy groups -OCH3 is 1. The van der Waals surface area contributed by atoms with Crippen LogP contribution in [0.1, 0.15) is 29.4 Å². The van der Waals surface area contributed by atoms with Crippen LogP contribution in [-0.4, -0.2) is 67.8 Å². The predicted octanol–water partition coefficient (Wildman–Crippen LogP) is 4.65. The molecule has 0 unspecified atom stereocenters. The fraction of sp³-hybridized carbons (Fsp3) is 0.333. The molecule has 2 aromatic carbocycles. The van der Waals surface area contributed by atoms with Gasteiger partial charge in [-0.1, -0.05) is 0 Å². The summed E-state index contributed by atoms with van der Waals surface area (Å²) in [5.41, 5.74) is 2.66. The summed E-state index contributed by atoms with van der Waals surface area (Å²) in [6, 6.07) is 13.5. The number of rotatable bonds is 9. The number of benzene rings is 2. The largest absolute Gasteiger partial charge is 0.488 e. The Bertz CT molecular complexity index is 1280. The van der Waals surface area contributed by atoms with E-state index < -0.39 is 5.82 Å². The number of nitrogens with one attached hydrogen (secondary N) is 1. The highest BCUT2D eigenvalue weighted by atomic mass is 19.1. The van der Waals surface area contributed by atoms with E-state index in [9.17, 15) is 9.18 Å². The minimum Gasteiger partial charge on any atom is -0.488 e. The van der Waals surface area contributed by atoms with Crippen molar-refractivity contribution in [2.75, 3.05) is 40.0 Å². The minimum absolute atomic E-state index is 0.0177. The van der Waals surface area contributed by atoms with Crippen molar-refractivity contribution in [3.05, 3.63) is 65.6 Å². The van der Waals surface area contributed by atoms with Gasteiger partial charge in [-0.05, 0) is 55.8 Å². The van der Waals surface area contributed by atoms with Crippen molar-refractivity contribution < 1.29 is 28.1 Å². The molecule has 2 aliphatic heterocycles. The molecule has 5 rings (SSSR count). The van der Waals surface area contributed by atoms with Gasteiger partial charge in [0.15, 0.2) is 11.6 Å². The number of H-pyrrole nitrogens is 1. The SMILES string of the molecule is COC[C@H](C)Oc1cc(Oc2ccc(C(=O)N3CCC3)cc2F)cc(-c2ccc(C3=NCCO3)[nH]2)c1. The molecule has 36 heavy (non-hydrogen) atoms. The number of amides is 1. The molecule has 9 heteroatoms. The third-order valence-corrected chi connectivity index (χ3v) is 5.98. The van der Waals surface area contributed by atoms with Crippen LogP contribution in [0.2, 0.25) is 0 Å². The van der Waals surface area contributed by atoms with Gasteiger partial charge < -0.3 is 28.8 Å². The third-order valence-electron chi connectivity index (χ3n) is 5.98. The van der Waals surface area contributed by atoms with Gasteiger partial charge in [-0.3, -0.25) is 4.79 Å². The molecule has 1 saturated heterocycles. The number of hydrogen-bond acceptors (Lipinski definition) is 6. The number of carbonyl (C=O) groups is 1. The Balaban J connectivity index is 1.42. The Kier molecular flexibility index (Phi) is 6.90. The maximum Gasteiger partial charge on any atom is 0.253 e. The molecule has 1 N–H and O–H groups in total. The first-order chi connectivity index (χ1) is 17.5. The maximum atomic E-state index is 14.9. The summed E-state index contributed by atoms with van der Waals surface area (Å²) in [6.45, 7) is 4.91. The smallest absolute Gasteiger partial charge is 0.253 e. The Morgan fingerprint density at radius 3 is 2.64 bits per heavy atom. The Labute approximate surface area is 208 Å². The number of likely N-dealkylation sites (tertiary alicyclic amines) is 1. The molecule has 0 saturated carbocycles. The summed E-state index contributed by atoms with van der Waals surface area (Å²) < 4.78 is 37.6. The first kappa shape index (κ1) is 23.9. The molecule has 0 spiro atoms. The van der Waals surface area contributed by atoms with Crippen LogP contribution in [0, 0.1) is 5.82 Å². The third kappa shape index (κ3) is 5.21. The summed E-state index contributed by atoms with van der Waals surface area (Å²) >= 11 is 0. The molecule has 1 aromatic heterocycles. The molecule has 3 aromatic rings. The fourth-order valence-corrected chi connectivity index (χ4v) is 4.09. The number of aromatic nitrogens is 1. The van der Waals surface area contributed by atoms with Crippen molar-refractivity contribution in [3.8, 4) is 28.5 Å². The van der Waals surface area contributed by atoms with E-state index in [0.717, 1.165) is 23.4 Å². The van der Waals surface area contributed by atoms with E-state index in [-0.39, 0.29) is 17.8 Å². The Morgan fingerprint density at radius 1 is 1.14 bits per heavy atom. The number of halogens is 1. The van der Waals surface area contributed by atoms with Crippen LogP contribution in [0.3, 0.4) is 0 Å². The van der Waals surface area contributed by atoms with Gasteiger partial charge in [-0.25, -0.2) is 9.38 Å². The fourth-order valence-electron chi connectivity index (χ4n) is 4.09. The molecule has 3 heterocycles. The van der Waals surface area contributed by atoms with Gasteiger partial charge in [0.05, 0.1) is 13.2 Å². The Hall–Kier alpha value is -3.85.